The van der Waals surface area contributed by atoms with E-state index in [1.807, 2.05) is 42.5 Å². The summed E-state index contributed by atoms with van der Waals surface area (Å²) < 4.78 is 5.61. The summed E-state index contributed by atoms with van der Waals surface area (Å²) in [5.74, 6) is 0. The molecule has 0 bridgehead atoms. The lowest BCUT2D eigenvalue weighted by Gasteiger charge is -2.36. The van der Waals surface area contributed by atoms with Crippen molar-refractivity contribution in [2.75, 3.05) is 6.54 Å². The number of carbonyl (C=O) groups excluding carboxylic acids is 1. The SMILES string of the molecule is C[C]1N(C(=O)OCc2ccccc2)CCC1(c1ccccc1)c1ccccc1. The zero-order chi connectivity index (χ0) is 19.4. The minimum atomic E-state index is -0.311. The standard InChI is InChI=1S/C25H24NO2/c1-20-25(22-13-7-3-8-14-22,23-15-9-4-10-16-23)17-18-26(20)24(27)28-19-21-11-5-2-6-12-21/h2-16H,17-19H2,1H3. The van der Waals surface area contributed by atoms with Gasteiger partial charge in [0, 0.05) is 12.0 Å². The Morgan fingerprint density at radius 3 is 1.89 bits per heavy atom. The molecule has 1 heterocycles. The molecule has 4 rings (SSSR count). The van der Waals surface area contributed by atoms with E-state index in [-0.39, 0.29) is 18.1 Å². The van der Waals surface area contributed by atoms with Gasteiger partial charge in [-0.1, -0.05) is 91.0 Å². The smallest absolute Gasteiger partial charge is 0.410 e. The van der Waals surface area contributed by atoms with E-state index < -0.39 is 0 Å². The van der Waals surface area contributed by atoms with Crippen LogP contribution in [0, 0.1) is 6.04 Å². The summed E-state index contributed by atoms with van der Waals surface area (Å²) in [6, 6.07) is 31.7. The Morgan fingerprint density at radius 2 is 1.36 bits per heavy atom. The molecular weight excluding hydrogens is 346 g/mol. The van der Waals surface area contributed by atoms with Gasteiger partial charge in [0.15, 0.2) is 0 Å². The van der Waals surface area contributed by atoms with Gasteiger partial charge < -0.3 is 4.74 Å². The maximum atomic E-state index is 12.9. The van der Waals surface area contributed by atoms with Crippen LogP contribution < -0.4 is 0 Å². The molecule has 1 saturated heterocycles. The summed E-state index contributed by atoms with van der Waals surface area (Å²) in [7, 11) is 0. The molecule has 1 aliphatic rings. The minimum absolute atomic E-state index is 0.282. The molecule has 3 aromatic rings. The van der Waals surface area contributed by atoms with Gasteiger partial charge in [-0.05, 0) is 30.0 Å². The van der Waals surface area contributed by atoms with Gasteiger partial charge in [-0.2, -0.15) is 0 Å². The molecule has 0 atom stereocenters. The third-order valence-electron chi connectivity index (χ3n) is 5.69. The fourth-order valence-electron chi connectivity index (χ4n) is 4.20. The molecule has 3 heteroatoms. The molecule has 3 nitrogen and oxygen atoms in total. The van der Waals surface area contributed by atoms with E-state index >= 15 is 0 Å². The van der Waals surface area contributed by atoms with Crippen molar-refractivity contribution >= 4 is 6.09 Å². The number of nitrogens with zero attached hydrogens (tertiary/aromatic N) is 1. The molecule has 1 amide bonds. The molecule has 0 unspecified atom stereocenters. The van der Waals surface area contributed by atoms with E-state index in [1.54, 1.807) is 4.90 Å². The minimum Gasteiger partial charge on any atom is -0.445 e. The molecule has 0 saturated carbocycles. The van der Waals surface area contributed by atoms with Crippen LogP contribution in [0.15, 0.2) is 91.0 Å². The quantitative estimate of drug-likeness (QED) is 0.601. The van der Waals surface area contributed by atoms with Crippen LogP contribution in [0.2, 0.25) is 0 Å². The second-order valence-corrected chi connectivity index (χ2v) is 7.16. The molecule has 0 spiro atoms. The predicted molar refractivity (Wildman–Crippen MR) is 111 cm³/mol. The molecule has 3 aromatic carbocycles. The lowest BCUT2D eigenvalue weighted by molar-refractivity contribution is 0.104. The van der Waals surface area contributed by atoms with Crippen LogP contribution >= 0.6 is 0 Å². The number of hydrogen-bond acceptors (Lipinski definition) is 2. The number of ether oxygens (including phenoxy) is 1. The van der Waals surface area contributed by atoms with Crippen molar-refractivity contribution < 1.29 is 9.53 Å². The van der Waals surface area contributed by atoms with Crippen molar-refractivity contribution in [1.82, 2.24) is 4.90 Å². The summed E-state index contributed by atoms with van der Waals surface area (Å²) in [5.41, 5.74) is 3.09. The summed E-state index contributed by atoms with van der Waals surface area (Å²) in [6.45, 7) is 2.98. The highest BCUT2D eigenvalue weighted by Crippen LogP contribution is 2.49. The first-order valence-corrected chi connectivity index (χ1v) is 9.65. The fraction of sp³-hybridized carbons (Fsp3) is 0.200. The number of benzene rings is 3. The Kier molecular flexibility index (Phi) is 5.16. The van der Waals surface area contributed by atoms with Gasteiger partial charge in [0.25, 0.3) is 0 Å². The lowest BCUT2D eigenvalue weighted by Crippen LogP contribution is -2.37. The van der Waals surface area contributed by atoms with Crippen LogP contribution in [-0.2, 0) is 16.8 Å². The Bertz CT molecular complexity index is 870. The summed E-state index contributed by atoms with van der Waals surface area (Å²) >= 11 is 0. The Morgan fingerprint density at radius 1 is 0.857 bits per heavy atom. The first-order valence-electron chi connectivity index (χ1n) is 9.65. The van der Waals surface area contributed by atoms with Gasteiger partial charge in [0.1, 0.15) is 6.61 Å². The van der Waals surface area contributed by atoms with E-state index in [0.29, 0.717) is 6.54 Å². The van der Waals surface area contributed by atoms with Crippen molar-refractivity contribution in [1.29, 1.82) is 0 Å². The van der Waals surface area contributed by atoms with Crippen LogP contribution in [-0.4, -0.2) is 17.5 Å². The first-order chi connectivity index (χ1) is 13.7. The van der Waals surface area contributed by atoms with Crippen molar-refractivity contribution in [3.05, 3.63) is 114 Å². The molecule has 28 heavy (non-hydrogen) atoms. The van der Waals surface area contributed by atoms with Gasteiger partial charge in [0.05, 0.1) is 6.04 Å². The van der Waals surface area contributed by atoms with Crippen molar-refractivity contribution in [3.63, 3.8) is 0 Å². The number of likely N-dealkylation sites (tertiary alicyclic amines) is 1. The lowest BCUT2D eigenvalue weighted by atomic mass is 9.69. The van der Waals surface area contributed by atoms with E-state index in [4.69, 9.17) is 4.74 Å². The van der Waals surface area contributed by atoms with Gasteiger partial charge in [-0.3, -0.25) is 4.90 Å². The zero-order valence-electron chi connectivity index (χ0n) is 16.0. The highest BCUT2D eigenvalue weighted by atomic mass is 16.6. The monoisotopic (exact) mass is 370 g/mol. The maximum absolute atomic E-state index is 12.9. The van der Waals surface area contributed by atoms with Gasteiger partial charge in [-0.15, -0.1) is 0 Å². The fourth-order valence-corrected chi connectivity index (χ4v) is 4.20. The molecule has 1 fully saturated rings. The third kappa shape index (κ3) is 3.29. The van der Waals surface area contributed by atoms with Crippen molar-refractivity contribution in [3.8, 4) is 0 Å². The zero-order valence-corrected chi connectivity index (χ0v) is 16.0. The molecule has 141 valence electrons. The van der Waals surface area contributed by atoms with E-state index in [2.05, 4.69) is 55.5 Å². The summed E-state index contributed by atoms with van der Waals surface area (Å²) in [4.78, 5) is 14.7. The molecule has 0 aromatic heterocycles. The average Bonchev–Trinajstić information content (AvgIpc) is 3.12. The van der Waals surface area contributed by atoms with Crippen molar-refractivity contribution in [2.24, 2.45) is 0 Å². The number of carbonyl (C=O) groups is 1. The predicted octanol–water partition coefficient (Wildman–Crippen LogP) is 5.57. The van der Waals surface area contributed by atoms with Crippen molar-refractivity contribution in [2.45, 2.75) is 25.4 Å². The van der Waals surface area contributed by atoms with Gasteiger partial charge >= 0.3 is 6.09 Å². The van der Waals surface area contributed by atoms with Gasteiger partial charge in [-0.25, -0.2) is 4.79 Å². The Labute approximate surface area is 166 Å². The van der Waals surface area contributed by atoms with E-state index in [9.17, 15) is 4.79 Å². The second kappa shape index (κ2) is 7.89. The molecule has 1 radical (unpaired) electrons. The molecule has 0 aliphatic carbocycles. The van der Waals surface area contributed by atoms with Crippen LogP contribution in [0.3, 0.4) is 0 Å². The molecule has 0 N–H and O–H groups in total. The Hall–Kier alpha value is -3.07. The van der Waals surface area contributed by atoms with Crippen LogP contribution in [0.4, 0.5) is 4.79 Å². The summed E-state index contributed by atoms with van der Waals surface area (Å²) in [5, 5.41) is 0. The second-order valence-electron chi connectivity index (χ2n) is 7.16. The highest BCUT2D eigenvalue weighted by molar-refractivity contribution is 5.71. The van der Waals surface area contributed by atoms with Crippen LogP contribution in [0.1, 0.15) is 30.0 Å². The van der Waals surface area contributed by atoms with Crippen LogP contribution in [0.25, 0.3) is 0 Å². The Balaban J connectivity index is 1.60. The third-order valence-corrected chi connectivity index (χ3v) is 5.69. The first kappa shape index (κ1) is 18.3. The van der Waals surface area contributed by atoms with Crippen LogP contribution in [0.5, 0.6) is 0 Å². The average molecular weight is 370 g/mol. The van der Waals surface area contributed by atoms with E-state index in [0.717, 1.165) is 18.0 Å². The highest BCUT2D eigenvalue weighted by Gasteiger charge is 2.50. The summed E-state index contributed by atoms with van der Waals surface area (Å²) in [6.07, 6.45) is 0.558. The molecular formula is C25H24NO2. The maximum Gasteiger partial charge on any atom is 0.410 e. The van der Waals surface area contributed by atoms with E-state index in [1.165, 1.54) is 11.1 Å². The largest absolute Gasteiger partial charge is 0.445 e. The number of rotatable bonds is 4. The number of hydrogen-bond donors (Lipinski definition) is 0. The van der Waals surface area contributed by atoms with Gasteiger partial charge in [0.2, 0.25) is 0 Å². The molecule has 1 aliphatic heterocycles. The topological polar surface area (TPSA) is 29.5 Å². The normalized spacial score (nSPS) is 16.1. The number of amides is 1.